The average molecular weight is 433 g/mol. The molecule has 31 heavy (non-hydrogen) atoms. The third-order valence-corrected chi connectivity index (χ3v) is 5.76. The molecule has 2 amide bonds. The van der Waals surface area contributed by atoms with Crippen LogP contribution in [-0.4, -0.2) is 53.4 Å². The molecule has 8 nitrogen and oxygen atoms in total. The maximum absolute atomic E-state index is 12.9. The summed E-state index contributed by atoms with van der Waals surface area (Å²) >= 11 is 0. The van der Waals surface area contributed by atoms with Crippen molar-refractivity contribution in [3.8, 4) is 0 Å². The summed E-state index contributed by atoms with van der Waals surface area (Å²) in [7, 11) is 1.30. The number of fused-ring (bicyclic) bond motifs is 2. The first kappa shape index (κ1) is 22.9. The molecule has 2 saturated heterocycles. The molecule has 1 aromatic carbocycles. The van der Waals surface area contributed by atoms with Crippen LogP contribution in [0.5, 0.6) is 0 Å². The first-order valence-electron chi connectivity index (χ1n) is 10.7. The van der Waals surface area contributed by atoms with E-state index in [9.17, 15) is 14.4 Å². The highest BCUT2D eigenvalue weighted by Crippen LogP contribution is 2.40. The highest BCUT2D eigenvalue weighted by Gasteiger charge is 2.54. The lowest BCUT2D eigenvalue weighted by atomic mass is 9.73. The Bertz CT molecular complexity index is 790. The lowest BCUT2D eigenvalue weighted by Gasteiger charge is -2.51. The van der Waals surface area contributed by atoms with E-state index in [1.807, 2.05) is 30.3 Å². The Hall–Kier alpha value is -2.77. The Morgan fingerprint density at radius 3 is 2.26 bits per heavy atom. The number of alkyl carbamates (subject to hydrolysis) is 1. The van der Waals surface area contributed by atoms with E-state index in [0.717, 1.165) is 24.8 Å². The van der Waals surface area contributed by atoms with E-state index >= 15 is 0 Å². The SMILES string of the molecule is COC(=O)C1(NC(=O)OC(C)(C)C)CC2CCCC(C1)N2C(=O)OCc1ccccc1. The number of nitrogens with zero attached hydrogens (tertiary/aromatic N) is 1. The number of hydrogen-bond donors (Lipinski definition) is 1. The van der Waals surface area contributed by atoms with Crippen molar-refractivity contribution in [1.29, 1.82) is 0 Å². The molecule has 2 fully saturated rings. The Labute approximate surface area is 183 Å². The molecule has 2 heterocycles. The molecule has 2 aliphatic heterocycles. The summed E-state index contributed by atoms with van der Waals surface area (Å²) in [5, 5.41) is 2.77. The molecule has 2 aliphatic rings. The van der Waals surface area contributed by atoms with E-state index in [2.05, 4.69) is 5.32 Å². The van der Waals surface area contributed by atoms with Crippen LogP contribution in [0.1, 0.15) is 58.4 Å². The number of ether oxygens (including phenoxy) is 3. The van der Waals surface area contributed by atoms with Gasteiger partial charge >= 0.3 is 18.2 Å². The van der Waals surface area contributed by atoms with Crippen molar-refractivity contribution >= 4 is 18.2 Å². The first-order chi connectivity index (χ1) is 14.6. The topological polar surface area (TPSA) is 94.2 Å². The molecular formula is C23H32N2O6. The molecule has 2 atom stereocenters. The second kappa shape index (κ2) is 9.16. The van der Waals surface area contributed by atoms with Gasteiger partial charge in [0.1, 0.15) is 17.7 Å². The fourth-order valence-corrected chi connectivity index (χ4v) is 4.56. The van der Waals surface area contributed by atoms with Crippen LogP contribution in [0.15, 0.2) is 30.3 Å². The molecule has 8 heteroatoms. The third kappa shape index (κ3) is 5.48. The maximum Gasteiger partial charge on any atom is 0.410 e. The number of piperidine rings is 2. The van der Waals surface area contributed by atoms with Gasteiger partial charge in [-0.2, -0.15) is 0 Å². The van der Waals surface area contributed by atoms with E-state index in [-0.39, 0.29) is 31.5 Å². The quantitative estimate of drug-likeness (QED) is 0.575. The summed E-state index contributed by atoms with van der Waals surface area (Å²) < 4.78 is 16.0. The van der Waals surface area contributed by atoms with E-state index in [0.29, 0.717) is 0 Å². The van der Waals surface area contributed by atoms with Crippen LogP contribution >= 0.6 is 0 Å². The number of rotatable bonds is 4. The highest BCUT2D eigenvalue weighted by atomic mass is 16.6. The van der Waals surface area contributed by atoms with Crippen LogP contribution in [0, 0.1) is 0 Å². The Kier molecular flexibility index (Phi) is 6.77. The number of carbonyl (C=O) groups excluding carboxylic acids is 3. The van der Waals surface area contributed by atoms with Gasteiger partial charge in [0, 0.05) is 24.9 Å². The lowest BCUT2D eigenvalue weighted by molar-refractivity contribution is -0.154. The second-order valence-corrected chi connectivity index (χ2v) is 9.29. The molecule has 2 bridgehead atoms. The normalized spacial score (nSPS) is 25.4. The predicted molar refractivity (Wildman–Crippen MR) is 113 cm³/mol. The van der Waals surface area contributed by atoms with Crippen molar-refractivity contribution in [2.45, 2.75) is 82.7 Å². The molecule has 1 N–H and O–H groups in total. The van der Waals surface area contributed by atoms with E-state index < -0.39 is 29.3 Å². The Morgan fingerprint density at radius 2 is 1.71 bits per heavy atom. The van der Waals surface area contributed by atoms with Gasteiger partial charge in [0.25, 0.3) is 0 Å². The van der Waals surface area contributed by atoms with Gasteiger partial charge in [0.15, 0.2) is 0 Å². The number of methoxy groups -OCH3 is 1. The smallest absolute Gasteiger partial charge is 0.410 e. The molecule has 3 rings (SSSR count). The molecule has 0 radical (unpaired) electrons. The van der Waals surface area contributed by atoms with Gasteiger partial charge in [0.2, 0.25) is 0 Å². The largest absolute Gasteiger partial charge is 0.467 e. The van der Waals surface area contributed by atoms with Gasteiger partial charge in [-0.05, 0) is 45.6 Å². The number of carbonyl (C=O) groups is 3. The van der Waals surface area contributed by atoms with Crippen molar-refractivity contribution in [2.75, 3.05) is 7.11 Å². The zero-order valence-electron chi connectivity index (χ0n) is 18.7. The van der Waals surface area contributed by atoms with Crippen molar-refractivity contribution in [1.82, 2.24) is 10.2 Å². The molecule has 0 aromatic heterocycles. The van der Waals surface area contributed by atoms with Crippen LogP contribution < -0.4 is 5.32 Å². The van der Waals surface area contributed by atoms with Gasteiger partial charge in [-0.3, -0.25) is 0 Å². The van der Waals surface area contributed by atoms with Crippen molar-refractivity contribution in [2.24, 2.45) is 0 Å². The van der Waals surface area contributed by atoms with Crippen molar-refractivity contribution in [3.05, 3.63) is 35.9 Å². The fraction of sp³-hybridized carbons (Fsp3) is 0.609. The highest BCUT2D eigenvalue weighted by molar-refractivity contribution is 5.86. The van der Waals surface area contributed by atoms with E-state index in [1.165, 1.54) is 7.11 Å². The minimum atomic E-state index is -1.23. The summed E-state index contributed by atoms with van der Waals surface area (Å²) in [6, 6.07) is 9.03. The summed E-state index contributed by atoms with van der Waals surface area (Å²) in [4.78, 5) is 39.9. The summed E-state index contributed by atoms with van der Waals surface area (Å²) in [5.41, 5.74) is -1.02. The minimum absolute atomic E-state index is 0.188. The van der Waals surface area contributed by atoms with Crippen LogP contribution in [0.25, 0.3) is 0 Å². The number of nitrogens with one attached hydrogen (secondary N) is 1. The lowest BCUT2D eigenvalue weighted by Crippen LogP contribution is -2.68. The summed E-state index contributed by atoms with van der Waals surface area (Å²) in [5.74, 6) is -0.521. The minimum Gasteiger partial charge on any atom is -0.467 e. The van der Waals surface area contributed by atoms with Crippen LogP contribution in [0.4, 0.5) is 9.59 Å². The molecule has 0 saturated carbocycles. The van der Waals surface area contributed by atoms with Crippen LogP contribution in [-0.2, 0) is 25.6 Å². The maximum atomic E-state index is 12.9. The molecule has 0 spiro atoms. The van der Waals surface area contributed by atoms with Gasteiger partial charge in [-0.15, -0.1) is 0 Å². The standard InChI is InChI=1S/C23H32N2O6/c1-22(2,3)31-20(27)24-23(19(26)29-4)13-17-11-8-12-18(14-23)25(17)21(28)30-15-16-9-6-5-7-10-16/h5-7,9-10,17-18H,8,11-15H2,1-4H3,(H,24,27). The zero-order valence-corrected chi connectivity index (χ0v) is 18.7. The van der Waals surface area contributed by atoms with Gasteiger partial charge in [-0.1, -0.05) is 30.3 Å². The molecule has 170 valence electrons. The van der Waals surface area contributed by atoms with Gasteiger partial charge in [0.05, 0.1) is 7.11 Å². The summed E-state index contributed by atoms with van der Waals surface area (Å²) in [6.07, 6.45) is 1.86. The van der Waals surface area contributed by atoms with E-state index in [1.54, 1.807) is 25.7 Å². The number of hydrogen-bond acceptors (Lipinski definition) is 6. The zero-order chi connectivity index (χ0) is 22.6. The number of esters is 1. The van der Waals surface area contributed by atoms with Crippen LogP contribution in [0.3, 0.4) is 0 Å². The third-order valence-electron chi connectivity index (χ3n) is 5.76. The van der Waals surface area contributed by atoms with E-state index in [4.69, 9.17) is 14.2 Å². The Morgan fingerprint density at radius 1 is 1.10 bits per heavy atom. The molecule has 0 aliphatic carbocycles. The van der Waals surface area contributed by atoms with Crippen molar-refractivity contribution in [3.63, 3.8) is 0 Å². The average Bonchev–Trinajstić information content (AvgIpc) is 2.70. The first-order valence-corrected chi connectivity index (χ1v) is 10.7. The molecule has 2 unspecified atom stereocenters. The predicted octanol–water partition coefficient (Wildman–Crippen LogP) is 3.78. The second-order valence-electron chi connectivity index (χ2n) is 9.29. The van der Waals surface area contributed by atoms with Gasteiger partial charge < -0.3 is 24.4 Å². The molecular weight excluding hydrogens is 400 g/mol. The van der Waals surface area contributed by atoms with Crippen LogP contribution in [0.2, 0.25) is 0 Å². The molecule has 1 aromatic rings. The monoisotopic (exact) mass is 432 g/mol. The Balaban J connectivity index is 1.74. The number of benzene rings is 1. The summed E-state index contributed by atoms with van der Waals surface area (Å²) in [6.45, 7) is 5.47. The van der Waals surface area contributed by atoms with Gasteiger partial charge in [-0.25, -0.2) is 14.4 Å². The fourth-order valence-electron chi connectivity index (χ4n) is 4.56. The van der Waals surface area contributed by atoms with Crippen molar-refractivity contribution < 1.29 is 28.6 Å². The number of amides is 2.